The number of hydrogen-bond acceptors (Lipinski definition) is 2. The van der Waals surface area contributed by atoms with E-state index in [4.69, 9.17) is 5.10 Å². The van der Waals surface area contributed by atoms with Crippen LogP contribution in [0, 0.1) is 0 Å². The van der Waals surface area contributed by atoms with Gasteiger partial charge in [-0.2, -0.15) is 5.10 Å². The van der Waals surface area contributed by atoms with Gasteiger partial charge in [-0.3, -0.25) is 0 Å². The minimum absolute atomic E-state index is 0.00563. The van der Waals surface area contributed by atoms with E-state index < -0.39 is 0 Å². The van der Waals surface area contributed by atoms with Gasteiger partial charge >= 0.3 is 0 Å². The summed E-state index contributed by atoms with van der Waals surface area (Å²) in [6, 6.07) is 35.9. The molecule has 0 saturated heterocycles. The van der Waals surface area contributed by atoms with E-state index in [-0.39, 0.29) is 5.41 Å². The number of hydrazone groups is 1. The number of para-hydroxylation sites is 2. The molecule has 0 radical (unpaired) electrons. The van der Waals surface area contributed by atoms with Gasteiger partial charge in [-0.15, -0.1) is 0 Å². The molecule has 0 bridgehead atoms. The van der Waals surface area contributed by atoms with Crippen LogP contribution in [0.4, 0.5) is 11.4 Å². The summed E-state index contributed by atoms with van der Waals surface area (Å²) in [7, 11) is 0. The molecular formula is C28H24N2. The van der Waals surface area contributed by atoms with Crippen LogP contribution in [0.15, 0.2) is 108 Å². The lowest BCUT2D eigenvalue weighted by atomic mass is 9.82. The zero-order chi connectivity index (χ0) is 20.6. The van der Waals surface area contributed by atoms with Gasteiger partial charge in [0.15, 0.2) is 0 Å². The lowest BCUT2D eigenvalue weighted by Crippen LogP contribution is -2.15. The molecule has 0 fully saturated rings. The summed E-state index contributed by atoms with van der Waals surface area (Å²) in [5.74, 6) is 0. The lowest BCUT2D eigenvalue weighted by molar-refractivity contribution is 0.660. The van der Waals surface area contributed by atoms with Crippen molar-refractivity contribution in [1.29, 1.82) is 0 Å². The first kappa shape index (κ1) is 18.4. The van der Waals surface area contributed by atoms with Crippen molar-refractivity contribution in [2.24, 2.45) is 5.10 Å². The molecular weight excluding hydrogens is 364 g/mol. The lowest BCUT2D eigenvalue weighted by Gasteiger charge is -2.22. The molecule has 0 saturated carbocycles. The second-order valence-electron chi connectivity index (χ2n) is 8.20. The monoisotopic (exact) mass is 388 g/mol. The highest BCUT2D eigenvalue weighted by Gasteiger charge is 2.34. The molecule has 0 N–H and O–H groups in total. The van der Waals surface area contributed by atoms with E-state index in [0.717, 1.165) is 16.9 Å². The Morgan fingerprint density at radius 2 is 1.20 bits per heavy atom. The van der Waals surface area contributed by atoms with Gasteiger partial charge < -0.3 is 0 Å². The molecule has 0 heterocycles. The van der Waals surface area contributed by atoms with Crippen molar-refractivity contribution in [2.75, 3.05) is 5.01 Å². The van der Waals surface area contributed by atoms with Crippen molar-refractivity contribution in [3.63, 3.8) is 0 Å². The third kappa shape index (κ3) is 3.11. The van der Waals surface area contributed by atoms with Gasteiger partial charge in [0.2, 0.25) is 0 Å². The largest absolute Gasteiger partial charge is 0.234 e. The third-order valence-electron chi connectivity index (χ3n) is 5.93. The molecule has 0 aliphatic heterocycles. The molecule has 5 rings (SSSR count). The number of nitrogens with zero attached hydrogens (tertiary/aromatic N) is 2. The Bertz CT molecular complexity index is 1170. The Balaban J connectivity index is 1.53. The Labute approximate surface area is 178 Å². The maximum Gasteiger partial charge on any atom is 0.0652 e. The quantitative estimate of drug-likeness (QED) is 0.267. The van der Waals surface area contributed by atoms with Crippen molar-refractivity contribution in [3.05, 3.63) is 120 Å². The van der Waals surface area contributed by atoms with E-state index in [2.05, 4.69) is 80.6 Å². The second kappa shape index (κ2) is 7.31. The van der Waals surface area contributed by atoms with Gasteiger partial charge in [0.05, 0.1) is 17.6 Å². The highest BCUT2D eigenvalue weighted by molar-refractivity contribution is 5.87. The molecule has 1 aliphatic carbocycles. The summed E-state index contributed by atoms with van der Waals surface area (Å²) in [6.45, 7) is 4.61. The van der Waals surface area contributed by atoms with Crippen molar-refractivity contribution >= 4 is 17.6 Å². The molecule has 0 aromatic heterocycles. The predicted molar refractivity (Wildman–Crippen MR) is 127 cm³/mol. The van der Waals surface area contributed by atoms with E-state index in [9.17, 15) is 0 Å². The summed E-state index contributed by atoms with van der Waals surface area (Å²) in [5, 5.41) is 6.84. The molecule has 30 heavy (non-hydrogen) atoms. The Morgan fingerprint density at radius 1 is 0.633 bits per heavy atom. The number of anilines is 2. The molecule has 0 amide bonds. The van der Waals surface area contributed by atoms with Crippen LogP contribution in [-0.4, -0.2) is 6.21 Å². The van der Waals surface area contributed by atoms with Gasteiger partial charge in [0, 0.05) is 5.41 Å². The smallest absolute Gasteiger partial charge is 0.0652 e. The molecule has 1 aliphatic rings. The second-order valence-corrected chi connectivity index (χ2v) is 8.20. The Hall–Kier alpha value is -3.65. The fourth-order valence-electron chi connectivity index (χ4n) is 4.35. The summed E-state index contributed by atoms with van der Waals surface area (Å²) in [6.07, 6.45) is 1.96. The van der Waals surface area contributed by atoms with Crippen LogP contribution in [0.3, 0.4) is 0 Å². The summed E-state index contributed by atoms with van der Waals surface area (Å²) >= 11 is 0. The van der Waals surface area contributed by atoms with Gasteiger partial charge in [0.25, 0.3) is 0 Å². The van der Waals surface area contributed by atoms with E-state index in [1.54, 1.807) is 0 Å². The van der Waals surface area contributed by atoms with Crippen molar-refractivity contribution in [1.82, 2.24) is 0 Å². The normalized spacial score (nSPS) is 13.8. The first-order valence-corrected chi connectivity index (χ1v) is 10.3. The van der Waals surface area contributed by atoms with Gasteiger partial charge in [0.1, 0.15) is 0 Å². The van der Waals surface area contributed by atoms with Gasteiger partial charge in [-0.1, -0.05) is 86.6 Å². The SMILES string of the molecule is CC1(C)c2ccccc2-c2ccc(/C=N/N(c3ccccc3)c3ccccc3)cc21. The van der Waals surface area contributed by atoms with E-state index in [1.807, 2.05) is 47.6 Å². The maximum absolute atomic E-state index is 4.87. The molecule has 2 nitrogen and oxygen atoms in total. The van der Waals surface area contributed by atoms with E-state index in [1.165, 1.54) is 22.3 Å². The fourth-order valence-corrected chi connectivity index (χ4v) is 4.35. The number of hydrogen-bond donors (Lipinski definition) is 0. The Kier molecular flexibility index (Phi) is 4.48. The first-order chi connectivity index (χ1) is 14.6. The zero-order valence-electron chi connectivity index (χ0n) is 17.3. The van der Waals surface area contributed by atoms with Crippen LogP contribution >= 0.6 is 0 Å². The highest BCUT2D eigenvalue weighted by Crippen LogP contribution is 2.48. The average Bonchev–Trinajstić information content (AvgIpc) is 3.02. The van der Waals surface area contributed by atoms with Crippen LogP contribution < -0.4 is 5.01 Å². The molecule has 0 spiro atoms. The minimum atomic E-state index is -0.00563. The third-order valence-corrected chi connectivity index (χ3v) is 5.93. The standard InChI is InChI=1S/C28H24N2/c1-28(2)26-16-10-9-15-24(26)25-18-17-21(19-27(25)28)20-29-30(22-11-5-3-6-12-22)23-13-7-4-8-14-23/h3-20H,1-2H3/b29-20+. The van der Waals surface area contributed by atoms with Crippen molar-refractivity contribution in [3.8, 4) is 11.1 Å². The van der Waals surface area contributed by atoms with Gasteiger partial charge in [-0.05, 0) is 58.1 Å². The topological polar surface area (TPSA) is 15.6 Å². The minimum Gasteiger partial charge on any atom is -0.234 e. The fraction of sp³-hybridized carbons (Fsp3) is 0.107. The van der Waals surface area contributed by atoms with E-state index in [0.29, 0.717) is 0 Å². The summed E-state index contributed by atoms with van der Waals surface area (Å²) in [5.41, 5.74) is 8.60. The molecule has 146 valence electrons. The maximum atomic E-state index is 4.87. The molecule has 4 aromatic carbocycles. The Morgan fingerprint density at radius 3 is 1.87 bits per heavy atom. The number of fused-ring (bicyclic) bond motifs is 3. The summed E-state index contributed by atoms with van der Waals surface area (Å²) in [4.78, 5) is 0. The van der Waals surface area contributed by atoms with Gasteiger partial charge in [-0.25, -0.2) is 5.01 Å². The molecule has 0 unspecified atom stereocenters. The van der Waals surface area contributed by atoms with E-state index >= 15 is 0 Å². The van der Waals surface area contributed by atoms with Crippen LogP contribution in [0.5, 0.6) is 0 Å². The number of benzene rings is 4. The first-order valence-electron chi connectivity index (χ1n) is 10.3. The number of rotatable bonds is 4. The molecule has 4 aromatic rings. The summed E-state index contributed by atoms with van der Waals surface area (Å²) < 4.78 is 0. The molecule has 2 heteroatoms. The van der Waals surface area contributed by atoms with Crippen LogP contribution in [0.2, 0.25) is 0 Å². The van der Waals surface area contributed by atoms with Crippen molar-refractivity contribution in [2.45, 2.75) is 19.3 Å². The van der Waals surface area contributed by atoms with Crippen LogP contribution in [-0.2, 0) is 5.41 Å². The molecule has 0 atom stereocenters. The van der Waals surface area contributed by atoms with Crippen molar-refractivity contribution < 1.29 is 0 Å². The van der Waals surface area contributed by atoms with Crippen LogP contribution in [0.25, 0.3) is 11.1 Å². The predicted octanol–water partition coefficient (Wildman–Crippen LogP) is 7.17. The zero-order valence-corrected chi connectivity index (χ0v) is 17.3. The highest BCUT2D eigenvalue weighted by atomic mass is 15.5. The average molecular weight is 389 g/mol. The van der Waals surface area contributed by atoms with Crippen LogP contribution in [0.1, 0.15) is 30.5 Å².